The van der Waals surface area contributed by atoms with Crippen LogP contribution in [0.3, 0.4) is 0 Å². The number of carbonyl (C=O) groups is 4. The number of Topliss-reactive ketones (excluding diaryl/α,β-unsaturated/α-hetero) is 1. The van der Waals surface area contributed by atoms with E-state index in [1.54, 1.807) is 37.3 Å². The van der Waals surface area contributed by atoms with E-state index in [1.165, 1.54) is 6.07 Å². The summed E-state index contributed by atoms with van der Waals surface area (Å²) in [7, 11) is 0. The van der Waals surface area contributed by atoms with E-state index in [9.17, 15) is 28.0 Å². The van der Waals surface area contributed by atoms with Crippen molar-refractivity contribution in [3.05, 3.63) is 71.3 Å². The molecule has 0 aliphatic carbocycles. The second-order valence-electron chi connectivity index (χ2n) is 7.75. The average Bonchev–Trinajstić information content (AvgIpc) is 3.24. The number of rotatable bonds is 9. The second-order valence-corrected chi connectivity index (χ2v) is 7.75. The van der Waals surface area contributed by atoms with Crippen molar-refractivity contribution in [1.29, 1.82) is 0 Å². The van der Waals surface area contributed by atoms with Gasteiger partial charge in [0.2, 0.25) is 17.6 Å². The van der Waals surface area contributed by atoms with Crippen molar-refractivity contribution in [1.82, 2.24) is 15.5 Å². The molecule has 2 N–H and O–H groups in total. The van der Waals surface area contributed by atoms with Crippen molar-refractivity contribution in [2.75, 3.05) is 6.54 Å². The molecule has 2 aromatic rings. The quantitative estimate of drug-likeness (QED) is 0.562. The van der Waals surface area contributed by atoms with Gasteiger partial charge in [0.25, 0.3) is 5.91 Å². The highest BCUT2D eigenvalue weighted by atomic mass is 19.1. The van der Waals surface area contributed by atoms with Crippen LogP contribution >= 0.6 is 0 Å². The normalized spacial score (nSPS) is 16.1. The molecule has 174 valence electrons. The summed E-state index contributed by atoms with van der Waals surface area (Å²) in [5.74, 6) is -4.59. The van der Waals surface area contributed by atoms with Gasteiger partial charge in [0.15, 0.2) is 0 Å². The lowest BCUT2D eigenvalue weighted by Gasteiger charge is -2.33. The number of amides is 3. The molecule has 0 bridgehead atoms. The number of hydrogen-bond acceptors (Lipinski definition) is 4. The van der Waals surface area contributed by atoms with E-state index in [0.29, 0.717) is 5.56 Å². The molecule has 3 rings (SSSR count). The standard InChI is InChI=1S/C24H25F2N3O4/c1-2-27-23(32)22(31)20(13-15-7-4-3-5-8-15)29(24(33)19-11-12-21(30)28-19)14-16-17(25)9-6-10-18(16)26/h3-10,19-20H,2,11-14H2,1H3,(H,27,32)(H,28,30). The number of ketones is 1. The zero-order valence-electron chi connectivity index (χ0n) is 18.1. The van der Waals surface area contributed by atoms with Crippen LogP contribution < -0.4 is 10.6 Å². The van der Waals surface area contributed by atoms with Gasteiger partial charge >= 0.3 is 0 Å². The fourth-order valence-electron chi connectivity index (χ4n) is 3.78. The predicted octanol–water partition coefficient (Wildman–Crippen LogP) is 1.89. The number of halogens is 2. The van der Waals surface area contributed by atoms with E-state index in [4.69, 9.17) is 0 Å². The summed E-state index contributed by atoms with van der Waals surface area (Å²) >= 11 is 0. The highest BCUT2D eigenvalue weighted by molar-refractivity contribution is 6.38. The van der Waals surface area contributed by atoms with E-state index in [2.05, 4.69) is 10.6 Å². The topological polar surface area (TPSA) is 95.6 Å². The molecular formula is C24H25F2N3O4. The number of carbonyl (C=O) groups excluding carboxylic acids is 4. The van der Waals surface area contributed by atoms with Crippen molar-refractivity contribution < 1.29 is 28.0 Å². The lowest BCUT2D eigenvalue weighted by molar-refractivity contribution is -0.147. The molecule has 0 radical (unpaired) electrons. The first-order valence-electron chi connectivity index (χ1n) is 10.7. The maximum atomic E-state index is 14.5. The molecule has 2 unspecified atom stereocenters. The second kappa shape index (κ2) is 10.8. The molecular weight excluding hydrogens is 432 g/mol. The van der Waals surface area contributed by atoms with Crippen LogP contribution in [0.5, 0.6) is 0 Å². The Morgan fingerprint density at radius 2 is 1.76 bits per heavy atom. The van der Waals surface area contributed by atoms with Crippen molar-refractivity contribution in [2.24, 2.45) is 0 Å². The van der Waals surface area contributed by atoms with Gasteiger partial charge in [-0.05, 0) is 31.0 Å². The SMILES string of the molecule is CCNC(=O)C(=O)C(Cc1ccccc1)N(Cc1c(F)cccc1F)C(=O)C1CCC(=O)N1. The molecule has 0 saturated carbocycles. The van der Waals surface area contributed by atoms with E-state index in [1.807, 2.05) is 0 Å². The minimum absolute atomic E-state index is 0.0424. The number of likely N-dealkylation sites (N-methyl/N-ethyl adjacent to an activating group) is 1. The summed E-state index contributed by atoms with van der Waals surface area (Å²) in [4.78, 5) is 51.7. The van der Waals surface area contributed by atoms with Gasteiger partial charge in [0, 0.05) is 24.9 Å². The molecule has 2 atom stereocenters. The molecule has 1 heterocycles. The lowest BCUT2D eigenvalue weighted by atomic mass is 9.98. The van der Waals surface area contributed by atoms with E-state index in [-0.39, 0.29) is 31.7 Å². The van der Waals surface area contributed by atoms with Gasteiger partial charge in [-0.3, -0.25) is 19.2 Å². The molecule has 1 aliphatic rings. The van der Waals surface area contributed by atoms with Gasteiger partial charge in [-0.2, -0.15) is 0 Å². The maximum Gasteiger partial charge on any atom is 0.289 e. The van der Waals surface area contributed by atoms with E-state index < -0.39 is 53.4 Å². The molecule has 9 heteroatoms. The summed E-state index contributed by atoms with van der Waals surface area (Å²) in [6.07, 6.45) is 0.256. The Morgan fingerprint density at radius 1 is 1.09 bits per heavy atom. The monoisotopic (exact) mass is 457 g/mol. The molecule has 2 aromatic carbocycles. The van der Waals surface area contributed by atoms with Gasteiger partial charge in [-0.15, -0.1) is 0 Å². The number of nitrogens with one attached hydrogen (secondary N) is 2. The van der Waals surface area contributed by atoms with Gasteiger partial charge in [-0.25, -0.2) is 8.78 Å². The van der Waals surface area contributed by atoms with Crippen molar-refractivity contribution in [3.63, 3.8) is 0 Å². The van der Waals surface area contributed by atoms with Crippen LogP contribution in [0.2, 0.25) is 0 Å². The molecule has 1 aliphatic heterocycles. The van der Waals surface area contributed by atoms with Crippen LogP contribution in [-0.4, -0.2) is 47.0 Å². The smallest absolute Gasteiger partial charge is 0.289 e. The van der Waals surface area contributed by atoms with E-state index >= 15 is 0 Å². The highest BCUT2D eigenvalue weighted by Gasteiger charge is 2.39. The Hall–Kier alpha value is -3.62. The Morgan fingerprint density at radius 3 is 2.33 bits per heavy atom. The first kappa shape index (κ1) is 24.0. The first-order valence-corrected chi connectivity index (χ1v) is 10.7. The lowest BCUT2D eigenvalue weighted by Crippen LogP contribution is -2.55. The van der Waals surface area contributed by atoms with Crippen LogP contribution in [0.4, 0.5) is 8.78 Å². The van der Waals surface area contributed by atoms with Crippen LogP contribution in [0.1, 0.15) is 30.9 Å². The Labute approximate surface area is 190 Å². The zero-order valence-corrected chi connectivity index (χ0v) is 18.1. The summed E-state index contributed by atoms with van der Waals surface area (Å²) in [5, 5.41) is 4.96. The number of hydrogen-bond donors (Lipinski definition) is 2. The summed E-state index contributed by atoms with van der Waals surface area (Å²) < 4.78 is 28.9. The summed E-state index contributed by atoms with van der Waals surface area (Å²) in [6.45, 7) is 1.26. The van der Waals surface area contributed by atoms with Crippen LogP contribution in [0.25, 0.3) is 0 Å². The third-order valence-corrected chi connectivity index (χ3v) is 5.48. The van der Waals surface area contributed by atoms with Crippen molar-refractivity contribution in [3.8, 4) is 0 Å². The molecule has 1 saturated heterocycles. The third kappa shape index (κ3) is 5.79. The summed E-state index contributed by atoms with van der Waals surface area (Å²) in [5.41, 5.74) is 0.249. The molecule has 0 aromatic heterocycles. The Balaban J connectivity index is 2.04. The Bertz CT molecular complexity index is 1030. The van der Waals surface area contributed by atoms with Crippen LogP contribution in [-0.2, 0) is 32.1 Å². The van der Waals surface area contributed by atoms with Gasteiger partial charge in [-0.1, -0.05) is 36.4 Å². The van der Waals surface area contributed by atoms with Crippen molar-refractivity contribution >= 4 is 23.5 Å². The minimum atomic E-state index is -1.33. The highest BCUT2D eigenvalue weighted by Crippen LogP contribution is 2.22. The average molecular weight is 457 g/mol. The predicted molar refractivity (Wildman–Crippen MR) is 116 cm³/mol. The maximum absolute atomic E-state index is 14.5. The van der Waals surface area contributed by atoms with E-state index in [0.717, 1.165) is 17.0 Å². The molecule has 3 amide bonds. The Kier molecular flexibility index (Phi) is 7.87. The molecule has 1 fully saturated rings. The van der Waals surface area contributed by atoms with Crippen LogP contribution in [0, 0.1) is 11.6 Å². The third-order valence-electron chi connectivity index (χ3n) is 5.48. The first-order chi connectivity index (χ1) is 15.8. The van der Waals surface area contributed by atoms with Crippen LogP contribution in [0.15, 0.2) is 48.5 Å². The number of benzene rings is 2. The van der Waals surface area contributed by atoms with Gasteiger partial charge in [0.05, 0.1) is 6.54 Å². The molecule has 0 spiro atoms. The van der Waals surface area contributed by atoms with Crippen molar-refractivity contribution in [2.45, 2.75) is 44.8 Å². The minimum Gasteiger partial charge on any atom is -0.350 e. The largest absolute Gasteiger partial charge is 0.350 e. The fraction of sp³-hybridized carbons (Fsp3) is 0.333. The summed E-state index contributed by atoms with van der Waals surface area (Å²) in [6, 6.07) is 9.71. The van der Waals surface area contributed by atoms with Gasteiger partial charge < -0.3 is 15.5 Å². The number of nitrogens with zero attached hydrogens (tertiary/aromatic N) is 1. The fourth-order valence-corrected chi connectivity index (χ4v) is 3.78. The molecule has 7 nitrogen and oxygen atoms in total. The molecule has 33 heavy (non-hydrogen) atoms. The zero-order chi connectivity index (χ0) is 24.0. The van der Waals surface area contributed by atoms with Gasteiger partial charge in [0.1, 0.15) is 23.7 Å².